The summed E-state index contributed by atoms with van der Waals surface area (Å²) in [5, 5.41) is 16.5. The van der Waals surface area contributed by atoms with Crippen LogP contribution in [0.25, 0.3) is 0 Å². The van der Waals surface area contributed by atoms with E-state index in [4.69, 9.17) is 4.74 Å². The van der Waals surface area contributed by atoms with Gasteiger partial charge in [-0.1, -0.05) is 13.0 Å². The Morgan fingerprint density at radius 3 is 2.80 bits per heavy atom. The topological polar surface area (TPSA) is 93.5 Å². The third kappa shape index (κ3) is 4.42. The predicted molar refractivity (Wildman–Crippen MR) is 76.1 cm³/mol. The fourth-order valence-corrected chi connectivity index (χ4v) is 1.62. The van der Waals surface area contributed by atoms with E-state index in [1.165, 1.54) is 0 Å². The number of rotatable bonds is 8. The Bertz CT molecular complexity index is 477. The number of nitrogens with one attached hydrogen (secondary N) is 2. The van der Waals surface area contributed by atoms with Gasteiger partial charge in [0, 0.05) is 20.0 Å². The summed E-state index contributed by atoms with van der Waals surface area (Å²) in [4.78, 5) is 21.8. The average Bonchev–Trinajstić information content (AvgIpc) is 2.44. The molecular weight excluding hydrogens is 262 g/mol. The maximum Gasteiger partial charge on any atom is 0.333 e. The summed E-state index contributed by atoms with van der Waals surface area (Å²) >= 11 is 0. The van der Waals surface area contributed by atoms with Crippen LogP contribution in [0, 0.1) is 10.1 Å². The van der Waals surface area contributed by atoms with Gasteiger partial charge in [-0.2, -0.15) is 0 Å². The summed E-state index contributed by atoms with van der Waals surface area (Å²) in [5.41, 5.74) is 0.255. The molecule has 7 nitrogen and oxygen atoms in total. The van der Waals surface area contributed by atoms with E-state index in [1.807, 2.05) is 6.92 Å². The van der Waals surface area contributed by atoms with Crippen molar-refractivity contribution in [2.45, 2.75) is 19.8 Å². The third-order valence-corrected chi connectivity index (χ3v) is 2.59. The first-order valence-electron chi connectivity index (χ1n) is 6.44. The molecule has 0 saturated heterocycles. The lowest BCUT2D eigenvalue weighted by molar-refractivity contribution is -0.385. The first kappa shape index (κ1) is 15.7. The van der Waals surface area contributed by atoms with Crippen molar-refractivity contribution in [3.05, 3.63) is 28.3 Å². The van der Waals surface area contributed by atoms with Crippen LogP contribution in [0.2, 0.25) is 0 Å². The highest BCUT2D eigenvalue weighted by molar-refractivity contribution is 5.76. The number of amides is 1. The molecule has 0 aromatic heterocycles. The Morgan fingerprint density at radius 1 is 1.45 bits per heavy atom. The minimum atomic E-state index is -0.479. The molecule has 1 aromatic rings. The summed E-state index contributed by atoms with van der Waals surface area (Å²) < 4.78 is 5.38. The van der Waals surface area contributed by atoms with Crippen molar-refractivity contribution >= 4 is 17.3 Å². The predicted octanol–water partition coefficient (Wildman–Crippen LogP) is 1.93. The van der Waals surface area contributed by atoms with Crippen LogP contribution in [0.15, 0.2) is 18.2 Å². The highest BCUT2D eigenvalue weighted by Crippen LogP contribution is 2.34. The largest absolute Gasteiger partial charge is 0.487 e. The zero-order valence-electron chi connectivity index (χ0n) is 11.6. The van der Waals surface area contributed by atoms with Gasteiger partial charge in [0.05, 0.1) is 11.5 Å². The maximum absolute atomic E-state index is 11.2. The van der Waals surface area contributed by atoms with Gasteiger partial charge in [0.25, 0.3) is 0 Å². The summed E-state index contributed by atoms with van der Waals surface area (Å²) in [7, 11) is 1.55. The smallest absolute Gasteiger partial charge is 0.333 e. The minimum Gasteiger partial charge on any atom is -0.487 e. The van der Waals surface area contributed by atoms with Crippen LogP contribution in [-0.4, -0.2) is 31.0 Å². The van der Waals surface area contributed by atoms with E-state index in [-0.39, 0.29) is 23.8 Å². The van der Waals surface area contributed by atoms with Crippen molar-refractivity contribution in [1.82, 2.24) is 5.32 Å². The fraction of sp³-hybridized carbons (Fsp3) is 0.462. The fourth-order valence-electron chi connectivity index (χ4n) is 1.62. The molecule has 0 bridgehead atoms. The summed E-state index contributed by atoms with van der Waals surface area (Å²) in [6.45, 7) is 2.66. The van der Waals surface area contributed by atoms with Gasteiger partial charge in [-0.25, -0.2) is 0 Å². The Kier molecular flexibility index (Phi) is 6.28. The number of carbonyl (C=O) groups is 1. The zero-order chi connectivity index (χ0) is 15.0. The molecule has 0 aliphatic carbocycles. The molecule has 110 valence electrons. The molecule has 1 rings (SSSR count). The molecule has 0 aliphatic rings. The van der Waals surface area contributed by atoms with Gasteiger partial charge in [0.1, 0.15) is 5.69 Å². The second-order valence-electron chi connectivity index (χ2n) is 4.11. The van der Waals surface area contributed by atoms with E-state index in [2.05, 4.69) is 10.6 Å². The highest BCUT2D eigenvalue weighted by atomic mass is 16.6. The first-order chi connectivity index (χ1) is 9.60. The normalized spacial score (nSPS) is 9.90. The Morgan fingerprint density at radius 2 is 2.20 bits per heavy atom. The Balaban J connectivity index is 2.83. The molecule has 2 N–H and O–H groups in total. The number of nitro benzene ring substituents is 1. The standard InChI is InChI=1S/C13H19N3O4/c1-3-9-20-11-6-4-5-10(13(11)16(18)19)15-8-7-12(17)14-2/h4-6,15H,3,7-9H2,1-2H3,(H,14,17). The lowest BCUT2D eigenvalue weighted by Crippen LogP contribution is -2.21. The first-order valence-corrected chi connectivity index (χ1v) is 6.44. The van der Waals surface area contributed by atoms with Crippen LogP contribution in [0.5, 0.6) is 5.75 Å². The van der Waals surface area contributed by atoms with Crippen LogP contribution < -0.4 is 15.4 Å². The molecule has 0 atom stereocenters. The lowest BCUT2D eigenvalue weighted by atomic mass is 10.2. The number of anilines is 1. The van der Waals surface area contributed by atoms with Crippen molar-refractivity contribution < 1.29 is 14.5 Å². The second-order valence-corrected chi connectivity index (χ2v) is 4.11. The van der Waals surface area contributed by atoms with Crippen LogP contribution >= 0.6 is 0 Å². The maximum atomic E-state index is 11.2. The van der Waals surface area contributed by atoms with Gasteiger partial charge in [0.15, 0.2) is 5.75 Å². The number of hydrogen-bond acceptors (Lipinski definition) is 5. The molecule has 20 heavy (non-hydrogen) atoms. The molecule has 1 amide bonds. The molecule has 0 saturated carbocycles. The van der Waals surface area contributed by atoms with Gasteiger partial charge in [-0.05, 0) is 18.6 Å². The van der Waals surface area contributed by atoms with Gasteiger partial charge in [0.2, 0.25) is 5.91 Å². The molecule has 1 aromatic carbocycles. The van der Waals surface area contributed by atoms with E-state index in [9.17, 15) is 14.9 Å². The van der Waals surface area contributed by atoms with Crippen molar-refractivity contribution in [2.75, 3.05) is 25.5 Å². The number of carbonyl (C=O) groups excluding carboxylic acids is 1. The van der Waals surface area contributed by atoms with Crippen molar-refractivity contribution in [1.29, 1.82) is 0 Å². The monoisotopic (exact) mass is 281 g/mol. The number of nitrogens with zero attached hydrogens (tertiary/aromatic N) is 1. The van der Waals surface area contributed by atoms with Gasteiger partial charge < -0.3 is 15.4 Å². The molecule has 0 unspecified atom stereocenters. The van der Waals surface area contributed by atoms with Crippen molar-refractivity contribution in [3.8, 4) is 5.75 Å². The van der Waals surface area contributed by atoms with E-state index >= 15 is 0 Å². The quantitative estimate of drug-likeness (QED) is 0.561. The van der Waals surface area contributed by atoms with E-state index in [0.29, 0.717) is 18.8 Å². The minimum absolute atomic E-state index is 0.0992. The second kappa shape index (κ2) is 7.98. The summed E-state index contributed by atoms with van der Waals surface area (Å²) in [6.07, 6.45) is 1.01. The summed E-state index contributed by atoms with van der Waals surface area (Å²) in [6, 6.07) is 4.85. The number of benzene rings is 1. The zero-order valence-corrected chi connectivity index (χ0v) is 11.6. The van der Waals surface area contributed by atoms with Crippen molar-refractivity contribution in [2.24, 2.45) is 0 Å². The van der Waals surface area contributed by atoms with Gasteiger partial charge in [-0.15, -0.1) is 0 Å². The average molecular weight is 281 g/mol. The number of para-hydroxylation sites is 1. The SMILES string of the molecule is CCCOc1cccc(NCCC(=O)NC)c1[N+](=O)[O-]. The van der Waals surface area contributed by atoms with Crippen LogP contribution in [0.3, 0.4) is 0 Å². The summed E-state index contributed by atoms with van der Waals surface area (Å²) in [5.74, 6) is 0.111. The van der Waals surface area contributed by atoms with E-state index in [0.717, 1.165) is 6.42 Å². The van der Waals surface area contributed by atoms with E-state index in [1.54, 1.807) is 25.2 Å². The van der Waals surface area contributed by atoms with Crippen LogP contribution in [0.4, 0.5) is 11.4 Å². The van der Waals surface area contributed by atoms with E-state index < -0.39 is 4.92 Å². The van der Waals surface area contributed by atoms with Gasteiger partial charge >= 0.3 is 5.69 Å². The molecular formula is C13H19N3O4. The third-order valence-electron chi connectivity index (χ3n) is 2.59. The van der Waals surface area contributed by atoms with Gasteiger partial charge in [-0.3, -0.25) is 14.9 Å². The number of ether oxygens (including phenoxy) is 1. The molecule has 7 heteroatoms. The molecule has 0 fully saturated rings. The van der Waals surface area contributed by atoms with Crippen LogP contribution in [-0.2, 0) is 4.79 Å². The number of nitro groups is 1. The molecule has 0 heterocycles. The Hall–Kier alpha value is -2.31. The molecule has 0 radical (unpaired) electrons. The van der Waals surface area contributed by atoms with Crippen LogP contribution in [0.1, 0.15) is 19.8 Å². The highest BCUT2D eigenvalue weighted by Gasteiger charge is 2.20. The molecule has 0 aliphatic heterocycles. The van der Waals surface area contributed by atoms with Crippen molar-refractivity contribution in [3.63, 3.8) is 0 Å². The Labute approximate surface area is 117 Å². The number of hydrogen-bond donors (Lipinski definition) is 2. The lowest BCUT2D eigenvalue weighted by Gasteiger charge is -2.10. The molecule has 0 spiro atoms.